The van der Waals surface area contributed by atoms with Gasteiger partial charge in [0.25, 0.3) is 0 Å². The molecule has 1 aliphatic heterocycles. The zero-order valence-electron chi connectivity index (χ0n) is 19.2. The van der Waals surface area contributed by atoms with Crippen LogP contribution >= 0.6 is 11.6 Å². The molecule has 0 bridgehead atoms. The first-order valence-electron chi connectivity index (χ1n) is 11.7. The van der Waals surface area contributed by atoms with Gasteiger partial charge in [-0.05, 0) is 44.9 Å². The molecule has 2 fully saturated rings. The third-order valence-electron chi connectivity index (χ3n) is 6.29. The predicted octanol–water partition coefficient (Wildman–Crippen LogP) is 4.85. The first kappa shape index (κ1) is 21.2. The first-order valence-corrected chi connectivity index (χ1v) is 12.0. The number of hydrogen-bond donors (Lipinski definition) is 4. The van der Waals surface area contributed by atoms with Gasteiger partial charge in [0.2, 0.25) is 0 Å². The van der Waals surface area contributed by atoms with E-state index in [4.69, 9.17) is 21.3 Å². The van der Waals surface area contributed by atoms with Crippen LogP contribution in [-0.2, 0) is 0 Å². The van der Waals surface area contributed by atoms with Gasteiger partial charge in [0.05, 0.1) is 5.02 Å². The second kappa shape index (κ2) is 8.48. The second-order valence-electron chi connectivity index (χ2n) is 9.20. The Labute approximate surface area is 202 Å². The van der Waals surface area contributed by atoms with E-state index in [2.05, 4.69) is 42.6 Å². The summed E-state index contributed by atoms with van der Waals surface area (Å²) in [6.07, 6.45) is 2.43. The maximum atomic E-state index is 6.67. The van der Waals surface area contributed by atoms with Crippen LogP contribution in [0, 0.1) is 6.92 Å². The molecule has 4 aromatic rings. The fourth-order valence-corrected chi connectivity index (χ4v) is 4.68. The molecule has 1 atom stereocenters. The summed E-state index contributed by atoms with van der Waals surface area (Å²) in [6, 6.07) is 10.4. The number of H-pyrrole nitrogens is 2. The highest BCUT2D eigenvalue weighted by atomic mass is 35.5. The zero-order valence-corrected chi connectivity index (χ0v) is 19.9. The number of nitrogens with zero attached hydrogens (tertiary/aromatic N) is 4. The van der Waals surface area contributed by atoms with Crippen molar-refractivity contribution >= 4 is 40.0 Å². The van der Waals surface area contributed by atoms with Gasteiger partial charge < -0.3 is 25.3 Å². The largest absolute Gasteiger partial charge is 0.423 e. The van der Waals surface area contributed by atoms with Crippen molar-refractivity contribution < 1.29 is 4.74 Å². The number of anilines is 3. The number of aromatic amines is 2. The van der Waals surface area contributed by atoms with Gasteiger partial charge in [0.15, 0.2) is 5.82 Å². The molecule has 4 heterocycles. The number of benzene rings is 1. The molecule has 1 unspecified atom stereocenters. The fourth-order valence-electron chi connectivity index (χ4n) is 4.43. The van der Waals surface area contributed by atoms with Crippen molar-refractivity contribution in [3.8, 4) is 11.8 Å². The van der Waals surface area contributed by atoms with Crippen LogP contribution in [0.15, 0.2) is 30.3 Å². The van der Waals surface area contributed by atoms with Crippen molar-refractivity contribution in [2.24, 2.45) is 0 Å². The minimum atomic E-state index is 0.234. The molecular formula is C24H27ClN8O. The van der Waals surface area contributed by atoms with E-state index in [9.17, 15) is 0 Å². The molecule has 1 saturated carbocycles. The van der Waals surface area contributed by atoms with E-state index >= 15 is 0 Å². The first-order chi connectivity index (χ1) is 16.5. The summed E-state index contributed by atoms with van der Waals surface area (Å²) >= 11 is 6.67. The van der Waals surface area contributed by atoms with Crippen LogP contribution in [0.1, 0.15) is 37.1 Å². The molecule has 1 aromatic carbocycles. The molecule has 1 saturated heterocycles. The number of aromatic nitrogens is 5. The lowest BCUT2D eigenvalue weighted by Gasteiger charge is -2.32. The predicted molar refractivity (Wildman–Crippen MR) is 134 cm³/mol. The average Bonchev–Trinajstić information content (AvgIpc) is 3.44. The molecule has 34 heavy (non-hydrogen) atoms. The number of nitrogens with one attached hydrogen (secondary N) is 4. The Morgan fingerprint density at radius 1 is 1.15 bits per heavy atom. The summed E-state index contributed by atoms with van der Waals surface area (Å²) in [5.74, 6) is 3.26. The summed E-state index contributed by atoms with van der Waals surface area (Å²) in [5, 5.41) is 15.8. The summed E-state index contributed by atoms with van der Waals surface area (Å²) in [5.41, 5.74) is 3.16. The van der Waals surface area contributed by atoms with Crippen molar-refractivity contribution in [3.63, 3.8) is 0 Å². The van der Waals surface area contributed by atoms with Crippen LogP contribution < -0.4 is 20.3 Å². The van der Waals surface area contributed by atoms with E-state index < -0.39 is 0 Å². The van der Waals surface area contributed by atoms with Gasteiger partial charge in [-0.1, -0.05) is 11.6 Å². The van der Waals surface area contributed by atoms with Crippen LogP contribution in [0.3, 0.4) is 0 Å². The highest BCUT2D eigenvalue weighted by Gasteiger charge is 2.26. The normalized spacial score (nSPS) is 18.4. The smallest absolute Gasteiger partial charge is 0.325 e. The van der Waals surface area contributed by atoms with Crippen LogP contribution in [0.5, 0.6) is 11.8 Å². The standard InChI is InChI=1S/C24H27ClN8O/c1-13-9-16-17(27-13)5-6-19(23(16)25)34-24-29-20(28-21-10-18(31-32-21)15-3-4-15)11-22(30-24)33-8-7-26-14(2)12-33/h5-6,9-11,14-15,26-27H,3-4,7-8,12H2,1-2H3,(H2,28,29,30,31,32). The summed E-state index contributed by atoms with van der Waals surface area (Å²) < 4.78 is 6.14. The van der Waals surface area contributed by atoms with Gasteiger partial charge in [-0.2, -0.15) is 15.1 Å². The number of halogens is 1. The molecule has 6 rings (SSSR count). The van der Waals surface area contributed by atoms with E-state index in [-0.39, 0.29) is 6.01 Å². The molecule has 0 spiro atoms. The van der Waals surface area contributed by atoms with Crippen molar-refractivity contribution in [2.45, 2.75) is 38.6 Å². The maximum Gasteiger partial charge on any atom is 0.325 e. The number of ether oxygens (including phenoxy) is 1. The third kappa shape index (κ3) is 4.28. The quantitative estimate of drug-likeness (QED) is 0.313. The minimum absolute atomic E-state index is 0.234. The molecule has 1 aliphatic carbocycles. The highest BCUT2D eigenvalue weighted by Crippen LogP contribution is 2.40. The SMILES string of the molecule is Cc1cc2c(Cl)c(Oc3nc(Nc4cc(C5CC5)[nH]n4)cc(N4CCNC(C)C4)n3)ccc2[nH]1. The molecule has 3 aromatic heterocycles. The van der Waals surface area contributed by atoms with Gasteiger partial charge >= 0.3 is 6.01 Å². The molecule has 2 aliphatic rings. The van der Waals surface area contributed by atoms with Crippen LogP contribution in [-0.4, -0.2) is 50.8 Å². The van der Waals surface area contributed by atoms with E-state index in [1.54, 1.807) is 0 Å². The average molecular weight is 479 g/mol. The number of hydrogen-bond acceptors (Lipinski definition) is 7. The Bertz CT molecular complexity index is 1340. The monoisotopic (exact) mass is 478 g/mol. The van der Waals surface area contributed by atoms with E-state index in [0.717, 1.165) is 53.6 Å². The number of piperazine rings is 1. The highest BCUT2D eigenvalue weighted by molar-refractivity contribution is 6.37. The van der Waals surface area contributed by atoms with E-state index in [0.29, 0.717) is 28.5 Å². The van der Waals surface area contributed by atoms with Crippen molar-refractivity contribution in [3.05, 3.63) is 46.7 Å². The number of aryl methyl sites for hydroxylation is 1. The van der Waals surface area contributed by atoms with Crippen molar-refractivity contribution in [1.82, 2.24) is 30.5 Å². The molecule has 10 heteroatoms. The van der Waals surface area contributed by atoms with Gasteiger partial charge in [-0.25, -0.2) is 0 Å². The van der Waals surface area contributed by atoms with Gasteiger partial charge in [0.1, 0.15) is 17.4 Å². The summed E-state index contributed by atoms with van der Waals surface area (Å²) in [4.78, 5) is 14.9. The minimum Gasteiger partial charge on any atom is -0.423 e. The van der Waals surface area contributed by atoms with Crippen molar-refractivity contribution in [1.29, 1.82) is 0 Å². The van der Waals surface area contributed by atoms with Crippen LogP contribution in [0.4, 0.5) is 17.5 Å². The molecule has 0 amide bonds. The van der Waals surface area contributed by atoms with E-state index in [1.807, 2.05) is 37.3 Å². The fraction of sp³-hybridized carbons (Fsp3) is 0.375. The third-order valence-corrected chi connectivity index (χ3v) is 6.68. The lowest BCUT2D eigenvalue weighted by Crippen LogP contribution is -2.49. The molecule has 176 valence electrons. The van der Waals surface area contributed by atoms with E-state index in [1.165, 1.54) is 12.8 Å². The van der Waals surface area contributed by atoms with Crippen molar-refractivity contribution in [2.75, 3.05) is 29.9 Å². The van der Waals surface area contributed by atoms with Gasteiger partial charge in [-0.15, -0.1) is 0 Å². The van der Waals surface area contributed by atoms with Gasteiger partial charge in [-0.3, -0.25) is 5.10 Å². The lowest BCUT2D eigenvalue weighted by atomic mass is 10.2. The zero-order chi connectivity index (χ0) is 23.2. The molecule has 9 nitrogen and oxygen atoms in total. The Hall–Kier alpha value is -3.30. The Morgan fingerprint density at radius 2 is 2.03 bits per heavy atom. The molecule has 4 N–H and O–H groups in total. The van der Waals surface area contributed by atoms with Crippen LogP contribution in [0.2, 0.25) is 5.02 Å². The molecular weight excluding hydrogens is 452 g/mol. The lowest BCUT2D eigenvalue weighted by molar-refractivity contribution is 0.439. The summed E-state index contributed by atoms with van der Waals surface area (Å²) in [6.45, 7) is 6.76. The number of fused-ring (bicyclic) bond motifs is 1. The Morgan fingerprint density at radius 3 is 2.85 bits per heavy atom. The van der Waals surface area contributed by atoms with Crippen LogP contribution in [0.25, 0.3) is 10.9 Å². The van der Waals surface area contributed by atoms with Gasteiger partial charge in [0, 0.05) is 66.0 Å². The Kier molecular flexibility index (Phi) is 5.30. The number of rotatable bonds is 6. The Balaban J connectivity index is 1.33. The maximum absolute atomic E-state index is 6.67. The molecule has 0 radical (unpaired) electrons. The topological polar surface area (TPSA) is 107 Å². The second-order valence-corrected chi connectivity index (χ2v) is 9.57. The summed E-state index contributed by atoms with van der Waals surface area (Å²) in [7, 11) is 0.